The fraction of sp³-hybridized carbons (Fsp3) is 0.417. The first-order valence-corrected chi connectivity index (χ1v) is 9.58. The van der Waals surface area contributed by atoms with E-state index in [1.54, 1.807) is 25.1 Å². The van der Waals surface area contributed by atoms with Crippen molar-refractivity contribution in [2.24, 2.45) is 0 Å². The van der Waals surface area contributed by atoms with Gasteiger partial charge in [0.2, 0.25) is 0 Å². The molecule has 0 spiro atoms. The third kappa shape index (κ3) is 4.61. The highest BCUT2D eigenvalue weighted by Crippen LogP contribution is 2.40. The number of benzene rings is 2. The summed E-state index contributed by atoms with van der Waals surface area (Å²) in [5.74, 6) is -1.60. The topological polar surface area (TPSA) is 83.8 Å². The first-order chi connectivity index (χ1) is 13.1. The van der Waals surface area contributed by atoms with Gasteiger partial charge in [-0.25, -0.2) is 9.59 Å². The molecule has 156 valence electrons. The van der Waals surface area contributed by atoms with Crippen molar-refractivity contribution in [3.63, 3.8) is 0 Å². The van der Waals surface area contributed by atoms with Gasteiger partial charge in [0.15, 0.2) is 0 Å². The Kier molecular flexibility index (Phi) is 5.84. The normalized spacial score (nSPS) is 12.0. The number of esters is 1. The van der Waals surface area contributed by atoms with Crippen molar-refractivity contribution in [1.29, 1.82) is 0 Å². The Bertz CT molecular complexity index is 937. The van der Waals surface area contributed by atoms with Crippen LogP contribution in [0.3, 0.4) is 0 Å². The minimum atomic E-state index is -1.16. The first kappa shape index (κ1) is 22.5. The molecule has 29 heavy (non-hydrogen) atoms. The summed E-state index contributed by atoms with van der Waals surface area (Å²) in [7, 11) is 0. The number of phenols is 1. The van der Waals surface area contributed by atoms with E-state index in [4.69, 9.17) is 4.74 Å². The van der Waals surface area contributed by atoms with E-state index in [0.717, 1.165) is 5.56 Å². The molecule has 0 unspecified atom stereocenters. The minimum Gasteiger partial charge on any atom is -0.507 e. The number of rotatable bonds is 3. The van der Waals surface area contributed by atoms with Gasteiger partial charge in [-0.15, -0.1) is 0 Å². The SMILES string of the molecule is Cc1ccc(C(=O)O)c(OC(=O)c2cc(C(C)(C)C)c(O)c(C(C)(C)C)c2)c1C. The van der Waals surface area contributed by atoms with Crippen molar-refractivity contribution in [1.82, 2.24) is 0 Å². The van der Waals surface area contributed by atoms with Crippen LogP contribution in [0.25, 0.3) is 0 Å². The van der Waals surface area contributed by atoms with Crippen LogP contribution in [0.1, 0.15) is 84.5 Å². The predicted molar refractivity (Wildman–Crippen MR) is 113 cm³/mol. The molecule has 2 aromatic carbocycles. The highest BCUT2D eigenvalue weighted by Gasteiger charge is 2.29. The van der Waals surface area contributed by atoms with Crippen molar-refractivity contribution in [3.05, 3.63) is 57.6 Å². The van der Waals surface area contributed by atoms with Gasteiger partial charge >= 0.3 is 11.9 Å². The molecule has 0 aliphatic heterocycles. The number of hydrogen-bond donors (Lipinski definition) is 2. The van der Waals surface area contributed by atoms with Gasteiger partial charge in [-0.1, -0.05) is 47.6 Å². The van der Waals surface area contributed by atoms with E-state index in [2.05, 4.69) is 0 Å². The lowest BCUT2D eigenvalue weighted by Crippen LogP contribution is -2.20. The molecule has 0 saturated carbocycles. The van der Waals surface area contributed by atoms with Gasteiger partial charge < -0.3 is 14.9 Å². The summed E-state index contributed by atoms with van der Waals surface area (Å²) in [6.45, 7) is 15.3. The van der Waals surface area contributed by atoms with Crippen molar-refractivity contribution in [2.45, 2.75) is 66.2 Å². The van der Waals surface area contributed by atoms with Gasteiger partial charge in [0.05, 0.1) is 5.56 Å². The fourth-order valence-corrected chi connectivity index (χ4v) is 3.14. The molecule has 0 heterocycles. The van der Waals surface area contributed by atoms with Crippen molar-refractivity contribution >= 4 is 11.9 Å². The lowest BCUT2D eigenvalue weighted by Gasteiger charge is -2.28. The second kappa shape index (κ2) is 7.54. The van der Waals surface area contributed by atoms with Crippen LogP contribution in [0.2, 0.25) is 0 Å². The Hall–Kier alpha value is -2.82. The largest absolute Gasteiger partial charge is 0.507 e. The van der Waals surface area contributed by atoms with Crippen LogP contribution in [-0.2, 0) is 10.8 Å². The fourth-order valence-electron chi connectivity index (χ4n) is 3.14. The molecule has 0 aromatic heterocycles. The molecule has 0 radical (unpaired) electrons. The monoisotopic (exact) mass is 398 g/mol. The summed E-state index contributed by atoms with van der Waals surface area (Å²) < 4.78 is 5.58. The quantitative estimate of drug-likeness (QED) is 0.525. The number of carboxylic acid groups (broad SMARTS) is 1. The van der Waals surface area contributed by atoms with Crippen LogP contribution < -0.4 is 4.74 Å². The molecule has 0 aliphatic carbocycles. The predicted octanol–water partition coefficient (Wildman–Crippen LogP) is 5.52. The van der Waals surface area contributed by atoms with Crippen LogP contribution >= 0.6 is 0 Å². The molecular weight excluding hydrogens is 368 g/mol. The third-order valence-corrected chi connectivity index (χ3v) is 5.06. The molecule has 0 saturated heterocycles. The molecule has 0 aliphatic rings. The summed E-state index contributed by atoms with van der Waals surface area (Å²) >= 11 is 0. The average molecular weight is 398 g/mol. The van der Waals surface area contributed by atoms with E-state index in [-0.39, 0.29) is 22.6 Å². The Morgan fingerprint density at radius 3 is 1.79 bits per heavy atom. The second-order valence-corrected chi connectivity index (χ2v) is 9.50. The number of hydrogen-bond acceptors (Lipinski definition) is 4. The molecule has 0 bridgehead atoms. The van der Waals surface area contributed by atoms with Gasteiger partial charge in [-0.2, -0.15) is 0 Å². The van der Waals surface area contributed by atoms with Crippen LogP contribution in [0.4, 0.5) is 0 Å². The van der Waals surface area contributed by atoms with E-state index >= 15 is 0 Å². The molecule has 0 amide bonds. The van der Waals surface area contributed by atoms with Crippen LogP contribution in [0.5, 0.6) is 11.5 Å². The van der Waals surface area contributed by atoms with Gasteiger partial charge in [0.25, 0.3) is 0 Å². The molecule has 5 nitrogen and oxygen atoms in total. The number of aryl methyl sites for hydroxylation is 1. The zero-order chi connectivity index (χ0) is 22.3. The van der Waals surface area contributed by atoms with Crippen LogP contribution in [-0.4, -0.2) is 22.2 Å². The number of aromatic hydroxyl groups is 1. The summed E-state index contributed by atoms with van der Waals surface area (Å²) in [6, 6.07) is 6.37. The Morgan fingerprint density at radius 2 is 1.38 bits per heavy atom. The number of carbonyl (C=O) groups is 2. The smallest absolute Gasteiger partial charge is 0.343 e. The summed E-state index contributed by atoms with van der Waals surface area (Å²) in [5, 5.41) is 20.3. The lowest BCUT2D eigenvalue weighted by molar-refractivity contribution is 0.0680. The van der Waals surface area contributed by atoms with Crippen LogP contribution in [0.15, 0.2) is 24.3 Å². The summed E-state index contributed by atoms with van der Waals surface area (Å²) in [6.07, 6.45) is 0. The number of aromatic carboxylic acids is 1. The maximum absolute atomic E-state index is 13.0. The third-order valence-electron chi connectivity index (χ3n) is 5.06. The zero-order valence-electron chi connectivity index (χ0n) is 18.4. The minimum absolute atomic E-state index is 0.0465. The van der Waals surface area contributed by atoms with E-state index in [0.29, 0.717) is 16.7 Å². The number of carbonyl (C=O) groups excluding carboxylic acids is 1. The highest BCUT2D eigenvalue weighted by atomic mass is 16.5. The van der Waals surface area contributed by atoms with Crippen molar-refractivity contribution in [2.75, 3.05) is 0 Å². The molecule has 2 aromatic rings. The maximum atomic E-state index is 13.0. The lowest BCUT2D eigenvalue weighted by atomic mass is 9.78. The van der Waals surface area contributed by atoms with Crippen molar-refractivity contribution < 1.29 is 24.5 Å². The van der Waals surface area contributed by atoms with Gasteiger partial charge in [0.1, 0.15) is 17.1 Å². The first-order valence-electron chi connectivity index (χ1n) is 9.58. The molecular formula is C24H30O5. The molecule has 2 rings (SSSR count). The van der Waals surface area contributed by atoms with Crippen molar-refractivity contribution in [3.8, 4) is 11.5 Å². The van der Waals surface area contributed by atoms with Gasteiger partial charge in [0, 0.05) is 11.1 Å². The van der Waals surface area contributed by atoms with Gasteiger partial charge in [-0.05, 0) is 54.0 Å². The Labute approximate surface area is 172 Å². The molecule has 0 fully saturated rings. The number of phenolic OH excluding ortho intramolecular Hbond substituents is 1. The second-order valence-electron chi connectivity index (χ2n) is 9.50. The maximum Gasteiger partial charge on any atom is 0.343 e. The Morgan fingerprint density at radius 1 is 0.897 bits per heavy atom. The average Bonchev–Trinajstić information content (AvgIpc) is 2.56. The number of carboxylic acids is 1. The Balaban J connectivity index is 2.64. The zero-order valence-corrected chi connectivity index (χ0v) is 18.4. The molecule has 0 atom stereocenters. The summed E-state index contributed by atoms with van der Waals surface area (Å²) in [5.41, 5.74) is 2.12. The van der Waals surface area contributed by atoms with E-state index in [1.807, 2.05) is 48.5 Å². The standard InChI is InChI=1S/C24H30O5/c1-13-9-10-16(21(26)27)20(14(13)2)29-22(28)15-11-17(23(3,4)5)19(25)18(12-15)24(6,7)8/h9-12,25H,1-8H3,(H,26,27). The van der Waals surface area contributed by atoms with E-state index in [9.17, 15) is 19.8 Å². The highest BCUT2D eigenvalue weighted by molar-refractivity contribution is 5.96. The number of ether oxygens (including phenoxy) is 1. The van der Waals surface area contributed by atoms with E-state index in [1.165, 1.54) is 6.07 Å². The van der Waals surface area contributed by atoms with Gasteiger partial charge in [-0.3, -0.25) is 0 Å². The summed E-state index contributed by atoms with van der Waals surface area (Å²) in [4.78, 5) is 24.6. The van der Waals surface area contributed by atoms with E-state index < -0.39 is 22.8 Å². The molecule has 2 N–H and O–H groups in total. The molecule has 5 heteroatoms. The van der Waals surface area contributed by atoms with Crippen LogP contribution in [0, 0.1) is 13.8 Å².